The summed E-state index contributed by atoms with van der Waals surface area (Å²) in [4.78, 5) is 55.3. The van der Waals surface area contributed by atoms with Gasteiger partial charge in [0.2, 0.25) is 23.1 Å². The first-order chi connectivity index (χ1) is 27.6. The predicted octanol–water partition coefficient (Wildman–Crippen LogP) is 2.43. The van der Waals surface area contributed by atoms with Crippen molar-refractivity contribution in [3.63, 3.8) is 0 Å². The van der Waals surface area contributed by atoms with Crippen molar-refractivity contribution in [2.24, 2.45) is 0 Å². The second kappa shape index (κ2) is 22.3. The molecule has 2 aliphatic carbocycles. The van der Waals surface area contributed by atoms with Gasteiger partial charge in [-0.25, -0.2) is 0 Å². The van der Waals surface area contributed by atoms with Gasteiger partial charge in [0.25, 0.3) is 0 Å². The van der Waals surface area contributed by atoms with Crippen molar-refractivity contribution in [1.29, 1.82) is 0 Å². The minimum atomic E-state index is -0.628. The smallest absolute Gasteiger partial charge is 0.200 e. The second-order valence-electron chi connectivity index (χ2n) is 13.2. The fraction of sp³-hybridized carbons (Fsp3) is 0.300. The van der Waals surface area contributed by atoms with E-state index in [0.717, 1.165) is 24.3 Å². The number of nitrogens with one attached hydrogen (secondary N) is 7. The molecule has 0 heterocycles. The molecule has 324 valence electrons. The second-order valence-corrected chi connectivity index (χ2v) is 13.2. The van der Waals surface area contributed by atoms with E-state index in [4.69, 9.17) is 10.2 Å². The summed E-state index contributed by atoms with van der Waals surface area (Å²) < 4.78 is 0. The molecule has 0 amide bonds. The molecule has 6 rings (SSSR count). The minimum Gasteiger partial charge on any atom is -0.507 e. The Kier molecular flexibility index (Phi) is 18.2. The van der Waals surface area contributed by atoms with Crippen LogP contribution in [0.15, 0.2) is 48.5 Å². The van der Waals surface area contributed by atoms with Gasteiger partial charge < -0.3 is 67.9 Å². The third kappa shape index (κ3) is 9.97. The summed E-state index contributed by atoms with van der Waals surface area (Å²) in [6.45, 7) is 3.76. The lowest BCUT2D eigenvalue weighted by molar-refractivity contribution is 0.0975. The number of carbonyl (C=O) groups is 4. The summed E-state index contributed by atoms with van der Waals surface area (Å²) in [5, 5.41) is 82.2. The molecular weight excluding hydrogens is 845 g/mol. The molecule has 60 heavy (non-hydrogen) atoms. The Morgan fingerprint density at radius 3 is 0.750 bits per heavy atom. The van der Waals surface area contributed by atoms with E-state index in [1.54, 1.807) is 24.3 Å². The van der Waals surface area contributed by atoms with Crippen LogP contribution in [0.25, 0.3) is 0 Å². The highest BCUT2D eigenvalue weighted by Gasteiger charge is 2.39. The van der Waals surface area contributed by atoms with Crippen LogP contribution in [0.2, 0.25) is 0 Å². The van der Waals surface area contributed by atoms with Crippen molar-refractivity contribution in [1.82, 2.24) is 16.0 Å². The molecular formula is C40H48Cl3N7O10. The number of hydrogen-bond acceptors (Lipinski definition) is 17. The van der Waals surface area contributed by atoms with Crippen LogP contribution < -0.4 is 37.2 Å². The summed E-state index contributed by atoms with van der Waals surface area (Å²) in [5.41, 5.74) is 0.540. The Morgan fingerprint density at radius 1 is 0.317 bits per heavy atom. The SMILES string of the molecule is Cl.Cl.Cl.O=C1c2c(O)ccc(O)c2C(=O)c2c(NCCNCCNc3ccc(NCCNCCO)c4c3C(=O)c3c(O)ccc(O)c3C4=O)ccc(NCCNCCO)c21. The van der Waals surface area contributed by atoms with Crippen LogP contribution in [-0.2, 0) is 0 Å². The van der Waals surface area contributed by atoms with Crippen LogP contribution in [0.3, 0.4) is 0 Å². The van der Waals surface area contributed by atoms with E-state index >= 15 is 0 Å². The first-order valence-electron chi connectivity index (χ1n) is 18.5. The summed E-state index contributed by atoms with van der Waals surface area (Å²) in [6.07, 6.45) is 0. The van der Waals surface area contributed by atoms with Crippen LogP contribution in [0, 0.1) is 0 Å². The van der Waals surface area contributed by atoms with Gasteiger partial charge in [0, 0.05) is 88.2 Å². The highest BCUT2D eigenvalue weighted by molar-refractivity contribution is 6.34. The molecule has 4 aromatic carbocycles. The third-order valence-electron chi connectivity index (χ3n) is 9.60. The molecule has 13 N–H and O–H groups in total. The Labute approximate surface area is 363 Å². The Balaban J connectivity index is 0.00000320. The molecule has 0 fully saturated rings. The van der Waals surface area contributed by atoms with E-state index in [9.17, 15) is 39.6 Å². The fourth-order valence-corrected chi connectivity index (χ4v) is 6.99. The van der Waals surface area contributed by atoms with Gasteiger partial charge in [-0.3, -0.25) is 19.2 Å². The normalized spacial score (nSPS) is 12.2. The third-order valence-corrected chi connectivity index (χ3v) is 9.60. The molecule has 0 saturated carbocycles. The van der Waals surface area contributed by atoms with Crippen LogP contribution in [0.4, 0.5) is 22.7 Å². The number of phenols is 4. The van der Waals surface area contributed by atoms with Crippen molar-refractivity contribution < 1.29 is 49.8 Å². The summed E-state index contributed by atoms with van der Waals surface area (Å²) >= 11 is 0. The topological polar surface area (TPSA) is 274 Å². The Bertz CT molecular complexity index is 2070. The lowest BCUT2D eigenvalue weighted by Crippen LogP contribution is -2.30. The molecule has 0 bridgehead atoms. The number of aromatic hydroxyl groups is 4. The summed E-state index contributed by atoms with van der Waals surface area (Å²) in [5.74, 6) is -4.20. The van der Waals surface area contributed by atoms with Crippen molar-refractivity contribution >= 4 is 83.1 Å². The lowest BCUT2D eigenvalue weighted by atomic mass is 9.81. The molecule has 0 unspecified atom stereocenters. The van der Waals surface area contributed by atoms with Gasteiger partial charge >= 0.3 is 0 Å². The predicted molar refractivity (Wildman–Crippen MR) is 235 cm³/mol. The number of carbonyl (C=O) groups excluding carboxylic acids is 4. The maximum atomic E-state index is 13.8. The van der Waals surface area contributed by atoms with Gasteiger partial charge in [-0.05, 0) is 48.5 Å². The largest absolute Gasteiger partial charge is 0.507 e. The number of ketones is 4. The zero-order chi connectivity index (χ0) is 40.6. The van der Waals surface area contributed by atoms with E-state index in [2.05, 4.69) is 37.2 Å². The van der Waals surface area contributed by atoms with Gasteiger partial charge in [0.15, 0.2) is 0 Å². The number of halogens is 3. The average Bonchev–Trinajstić information content (AvgIpc) is 3.20. The Morgan fingerprint density at radius 2 is 0.533 bits per heavy atom. The average molecular weight is 893 g/mol. The molecule has 4 aromatic rings. The first kappa shape index (κ1) is 49.0. The van der Waals surface area contributed by atoms with Crippen molar-refractivity contribution in [2.45, 2.75) is 0 Å². The maximum Gasteiger partial charge on any atom is 0.200 e. The molecule has 2 aliphatic rings. The van der Waals surface area contributed by atoms with Crippen LogP contribution in [-0.4, -0.2) is 132 Å². The quantitative estimate of drug-likeness (QED) is 0.0387. The first-order valence-corrected chi connectivity index (χ1v) is 18.5. The standard InChI is InChI=1S/C40H45N7O10.3ClH/c48-19-17-42-11-15-46-23-3-1-21(29-31(23)39(56)35-27(52)7-5-25(50)33(35)37(29)54)44-13-9-41-10-14-45-22-2-4-24(47-16-12-43-18-20-49)32-30(22)38(55)34-26(51)6-8-28(53)36(34)40(32)57;;;/h1-8,41-53H,9-20H2;3*1H. The molecule has 0 aliphatic heterocycles. The molecule has 0 saturated heterocycles. The minimum absolute atomic E-state index is 0. The van der Waals surface area contributed by atoms with Crippen LogP contribution in [0.1, 0.15) is 63.7 Å². The molecule has 0 spiro atoms. The molecule has 20 heteroatoms. The highest BCUT2D eigenvalue weighted by atomic mass is 35.5. The number of aliphatic hydroxyl groups is 2. The van der Waals surface area contributed by atoms with Crippen molar-refractivity contribution in [3.8, 4) is 23.0 Å². The zero-order valence-electron chi connectivity index (χ0n) is 32.1. The van der Waals surface area contributed by atoms with E-state index in [0.29, 0.717) is 88.2 Å². The van der Waals surface area contributed by atoms with Gasteiger partial charge in [-0.1, -0.05) is 0 Å². The van der Waals surface area contributed by atoms with Crippen molar-refractivity contribution in [2.75, 3.05) is 99.9 Å². The molecule has 0 radical (unpaired) electrons. The van der Waals surface area contributed by atoms with Crippen LogP contribution in [0.5, 0.6) is 23.0 Å². The lowest BCUT2D eigenvalue weighted by Gasteiger charge is -2.25. The Hall–Kier alpha value is -5.37. The number of fused-ring (bicyclic) bond motifs is 4. The number of rotatable bonds is 20. The fourth-order valence-electron chi connectivity index (χ4n) is 6.99. The molecule has 0 aromatic heterocycles. The number of anilines is 4. The van der Waals surface area contributed by atoms with E-state index in [1.807, 2.05) is 0 Å². The van der Waals surface area contributed by atoms with Gasteiger partial charge in [0.05, 0.1) is 57.7 Å². The number of hydrogen-bond donors (Lipinski definition) is 13. The molecule has 17 nitrogen and oxygen atoms in total. The molecule has 0 atom stereocenters. The van der Waals surface area contributed by atoms with Crippen LogP contribution >= 0.6 is 37.2 Å². The van der Waals surface area contributed by atoms with E-state index < -0.39 is 46.1 Å². The highest BCUT2D eigenvalue weighted by Crippen LogP contribution is 2.44. The van der Waals surface area contributed by atoms with Gasteiger partial charge in [-0.2, -0.15) is 0 Å². The number of benzene rings is 4. The number of aliphatic hydroxyl groups excluding tert-OH is 2. The summed E-state index contributed by atoms with van der Waals surface area (Å²) in [7, 11) is 0. The zero-order valence-corrected chi connectivity index (χ0v) is 34.6. The van der Waals surface area contributed by atoms with E-state index in [-0.39, 0.29) is 94.9 Å². The van der Waals surface area contributed by atoms with Gasteiger partial charge in [-0.15, -0.1) is 37.2 Å². The van der Waals surface area contributed by atoms with Crippen molar-refractivity contribution in [3.05, 3.63) is 93.0 Å². The van der Waals surface area contributed by atoms with Gasteiger partial charge in [0.1, 0.15) is 23.0 Å². The monoisotopic (exact) mass is 891 g/mol. The maximum absolute atomic E-state index is 13.8. The number of phenolic OH excluding ortho intramolecular Hbond substituents is 4. The summed E-state index contributed by atoms with van der Waals surface area (Å²) in [6, 6.07) is 11.3. The van der Waals surface area contributed by atoms with E-state index in [1.165, 1.54) is 0 Å².